The number of benzene rings is 3. The van der Waals surface area contributed by atoms with Crippen LogP contribution in [-0.2, 0) is 21.4 Å². The molecule has 0 saturated heterocycles. The van der Waals surface area contributed by atoms with E-state index < -0.39 is 10.0 Å². The molecule has 0 radical (unpaired) electrons. The summed E-state index contributed by atoms with van der Waals surface area (Å²) in [6, 6.07) is 18.4. The molecule has 0 fully saturated rings. The van der Waals surface area contributed by atoms with Crippen molar-refractivity contribution in [2.45, 2.75) is 11.4 Å². The minimum atomic E-state index is -3.77. The van der Waals surface area contributed by atoms with E-state index in [4.69, 9.17) is 0 Å². The number of hydrogen-bond donors (Lipinski definition) is 0. The number of rotatable bonds is 2. The number of fused-ring (bicyclic) bond motifs is 3. The standard InChI is InChI=1S/C21H16N4O3S/c26-19(24-12-11-23-16-8-2-1-7-15(16)22-21(23)24)13-25-17-9-3-5-14-6-4-10-18(20(14)17)29(25,27)28/h1-10H,11-13H2. The second-order valence-electron chi connectivity index (χ2n) is 7.24. The number of amides is 1. The van der Waals surface area contributed by atoms with Crippen molar-refractivity contribution in [1.29, 1.82) is 0 Å². The van der Waals surface area contributed by atoms with Crippen LogP contribution in [0.3, 0.4) is 0 Å². The average Bonchev–Trinajstić information content (AvgIpc) is 3.35. The Kier molecular flexibility index (Phi) is 3.18. The monoisotopic (exact) mass is 404 g/mol. The van der Waals surface area contributed by atoms with Crippen molar-refractivity contribution in [2.75, 3.05) is 22.3 Å². The second-order valence-corrected chi connectivity index (χ2v) is 9.07. The Morgan fingerprint density at radius 2 is 1.76 bits per heavy atom. The topological polar surface area (TPSA) is 75.5 Å². The van der Waals surface area contributed by atoms with Crippen molar-refractivity contribution >= 4 is 49.4 Å². The van der Waals surface area contributed by atoms with E-state index in [1.165, 1.54) is 4.31 Å². The summed E-state index contributed by atoms with van der Waals surface area (Å²) in [5, 5.41) is 1.53. The molecule has 8 heteroatoms. The minimum absolute atomic E-state index is 0.251. The molecular weight excluding hydrogens is 388 g/mol. The molecule has 1 aromatic heterocycles. The van der Waals surface area contributed by atoms with Crippen molar-refractivity contribution in [3.05, 3.63) is 60.7 Å². The summed E-state index contributed by atoms with van der Waals surface area (Å²) in [7, 11) is -3.77. The number of carbonyl (C=O) groups excluding carboxylic acids is 1. The molecule has 3 aromatic carbocycles. The number of carbonyl (C=O) groups is 1. The highest BCUT2D eigenvalue weighted by Crippen LogP contribution is 2.42. The summed E-state index contributed by atoms with van der Waals surface area (Å²) in [5.41, 5.74) is 2.36. The first-order chi connectivity index (χ1) is 14.1. The first kappa shape index (κ1) is 16.6. The van der Waals surface area contributed by atoms with Gasteiger partial charge in [0.15, 0.2) is 0 Å². The van der Waals surface area contributed by atoms with Gasteiger partial charge in [-0.2, -0.15) is 0 Å². The molecule has 0 atom stereocenters. The summed E-state index contributed by atoms with van der Waals surface area (Å²) in [6.45, 7) is 0.876. The molecule has 2 aliphatic rings. The maximum Gasteiger partial charge on any atom is 0.265 e. The Morgan fingerprint density at radius 1 is 0.966 bits per heavy atom. The van der Waals surface area contributed by atoms with Crippen LogP contribution in [0.5, 0.6) is 0 Å². The van der Waals surface area contributed by atoms with Crippen molar-refractivity contribution < 1.29 is 13.2 Å². The van der Waals surface area contributed by atoms with Gasteiger partial charge in [0, 0.05) is 18.5 Å². The number of hydrogen-bond acceptors (Lipinski definition) is 4. The smallest absolute Gasteiger partial charge is 0.265 e. The average molecular weight is 404 g/mol. The molecule has 0 unspecified atom stereocenters. The van der Waals surface area contributed by atoms with Gasteiger partial charge in [0.25, 0.3) is 10.0 Å². The Hall–Kier alpha value is -3.39. The van der Waals surface area contributed by atoms with Crippen LogP contribution in [0.1, 0.15) is 0 Å². The fourth-order valence-electron chi connectivity index (χ4n) is 4.36. The predicted octanol–water partition coefficient (Wildman–Crippen LogP) is 2.75. The summed E-state index contributed by atoms with van der Waals surface area (Å²) in [4.78, 5) is 19.6. The van der Waals surface area contributed by atoms with Gasteiger partial charge >= 0.3 is 0 Å². The number of para-hydroxylation sites is 2. The zero-order chi connectivity index (χ0) is 19.8. The van der Waals surface area contributed by atoms with Crippen LogP contribution < -0.4 is 9.21 Å². The maximum absolute atomic E-state index is 13.2. The van der Waals surface area contributed by atoms with Gasteiger partial charge in [0.1, 0.15) is 6.54 Å². The van der Waals surface area contributed by atoms with Gasteiger partial charge in [-0.25, -0.2) is 13.4 Å². The van der Waals surface area contributed by atoms with E-state index in [0.717, 1.165) is 16.4 Å². The molecule has 7 nitrogen and oxygen atoms in total. The molecule has 6 rings (SSSR count). The van der Waals surface area contributed by atoms with Crippen molar-refractivity contribution in [3.63, 3.8) is 0 Å². The van der Waals surface area contributed by atoms with E-state index >= 15 is 0 Å². The number of aromatic nitrogens is 2. The maximum atomic E-state index is 13.2. The minimum Gasteiger partial charge on any atom is -0.308 e. The second kappa shape index (κ2) is 5.57. The molecule has 3 heterocycles. The lowest BCUT2D eigenvalue weighted by Crippen LogP contribution is -2.41. The van der Waals surface area contributed by atoms with E-state index in [0.29, 0.717) is 30.1 Å². The number of nitrogens with zero attached hydrogens (tertiary/aromatic N) is 4. The van der Waals surface area contributed by atoms with Crippen LogP contribution in [-0.4, -0.2) is 37.0 Å². The van der Waals surface area contributed by atoms with Gasteiger partial charge in [-0.15, -0.1) is 0 Å². The largest absolute Gasteiger partial charge is 0.308 e. The Bertz CT molecular complexity index is 1440. The van der Waals surface area contributed by atoms with E-state index in [2.05, 4.69) is 4.98 Å². The zero-order valence-electron chi connectivity index (χ0n) is 15.3. The van der Waals surface area contributed by atoms with Gasteiger partial charge in [0.2, 0.25) is 11.9 Å². The van der Waals surface area contributed by atoms with Gasteiger partial charge in [-0.1, -0.05) is 36.4 Å². The van der Waals surface area contributed by atoms with Crippen LogP contribution in [0.15, 0.2) is 65.6 Å². The first-order valence-electron chi connectivity index (χ1n) is 9.36. The lowest BCUT2D eigenvalue weighted by Gasteiger charge is -2.21. The molecule has 0 bridgehead atoms. The lowest BCUT2D eigenvalue weighted by molar-refractivity contribution is -0.117. The van der Waals surface area contributed by atoms with E-state index in [-0.39, 0.29) is 17.3 Å². The third kappa shape index (κ3) is 2.14. The lowest BCUT2D eigenvalue weighted by atomic mass is 10.1. The highest BCUT2D eigenvalue weighted by atomic mass is 32.2. The van der Waals surface area contributed by atoms with Gasteiger partial charge in [-0.3, -0.25) is 14.0 Å². The Labute approximate surface area is 166 Å². The molecule has 144 valence electrons. The number of anilines is 2. The fraction of sp³-hybridized carbons (Fsp3) is 0.143. The van der Waals surface area contributed by atoms with E-state index in [1.54, 1.807) is 23.1 Å². The molecule has 0 aliphatic carbocycles. The summed E-state index contributed by atoms with van der Waals surface area (Å²) in [6.07, 6.45) is 0. The highest BCUT2D eigenvalue weighted by molar-refractivity contribution is 7.93. The highest BCUT2D eigenvalue weighted by Gasteiger charge is 2.38. The zero-order valence-corrected chi connectivity index (χ0v) is 16.1. The fourth-order valence-corrected chi connectivity index (χ4v) is 6.02. The van der Waals surface area contributed by atoms with Gasteiger partial charge in [0.05, 0.1) is 21.6 Å². The normalized spacial score (nSPS) is 16.7. The number of sulfonamides is 1. The molecule has 4 aromatic rings. The Morgan fingerprint density at radius 3 is 2.62 bits per heavy atom. The summed E-state index contributed by atoms with van der Waals surface area (Å²) in [5.74, 6) is 0.288. The molecule has 1 amide bonds. The van der Waals surface area contributed by atoms with Crippen LogP contribution in [0, 0.1) is 0 Å². The molecular formula is C21H16N4O3S. The van der Waals surface area contributed by atoms with Crippen LogP contribution in [0.4, 0.5) is 11.6 Å². The summed E-state index contributed by atoms with van der Waals surface area (Å²) >= 11 is 0. The molecule has 29 heavy (non-hydrogen) atoms. The quantitative estimate of drug-likeness (QED) is 0.515. The molecule has 0 spiro atoms. The molecule has 0 saturated carbocycles. The van der Waals surface area contributed by atoms with Crippen molar-refractivity contribution in [3.8, 4) is 0 Å². The van der Waals surface area contributed by atoms with Crippen molar-refractivity contribution in [1.82, 2.24) is 9.55 Å². The number of imidazole rings is 1. The van der Waals surface area contributed by atoms with E-state index in [9.17, 15) is 13.2 Å². The van der Waals surface area contributed by atoms with E-state index in [1.807, 2.05) is 47.0 Å². The van der Waals surface area contributed by atoms with Gasteiger partial charge in [-0.05, 0) is 29.7 Å². The molecule has 2 aliphatic heterocycles. The third-order valence-corrected chi connectivity index (χ3v) is 7.49. The molecule has 0 N–H and O–H groups in total. The SMILES string of the molecule is O=C(CN1c2cccc3cccc(c23)S1(=O)=O)N1CCn2c1nc1ccccc12. The van der Waals surface area contributed by atoms with Crippen LogP contribution >= 0.6 is 0 Å². The third-order valence-electron chi connectivity index (χ3n) is 5.68. The van der Waals surface area contributed by atoms with Gasteiger partial charge < -0.3 is 4.57 Å². The summed E-state index contributed by atoms with van der Waals surface area (Å²) < 4.78 is 29.5. The van der Waals surface area contributed by atoms with Crippen molar-refractivity contribution in [2.24, 2.45) is 0 Å². The Balaban J connectivity index is 1.39. The van der Waals surface area contributed by atoms with Crippen LogP contribution in [0.25, 0.3) is 21.8 Å². The first-order valence-corrected chi connectivity index (χ1v) is 10.8. The predicted molar refractivity (Wildman–Crippen MR) is 111 cm³/mol. The van der Waals surface area contributed by atoms with Crippen LogP contribution in [0.2, 0.25) is 0 Å².